The van der Waals surface area contributed by atoms with Crippen LogP contribution in [0.4, 0.5) is 10.1 Å². The lowest BCUT2D eigenvalue weighted by Crippen LogP contribution is -2.54. The molecular formula is C34H42FN5O4S. The fourth-order valence-electron chi connectivity index (χ4n) is 6.21. The molecule has 1 aliphatic heterocycles. The maximum absolute atomic E-state index is 15.5. The van der Waals surface area contributed by atoms with Gasteiger partial charge >= 0.3 is 0 Å². The van der Waals surface area contributed by atoms with Crippen molar-refractivity contribution in [3.05, 3.63) is 64.8 Å². The van der Waals surface area contributed by atoms with Crippen molar-refractivity contribution in [1.82, 2.24) is 20.4 Å². The molecular weight excluding hydrogens is 593 g/mol. The Morgan fingerprint density at radius 2 is 1.71 bits per heavy atom. The van der Waals surface area contributed by atoms with E-state index >= 15 is 4.39 Å². The van der Waals surface area contributed by atoms with Crippen molar-refractivity contribution < 1.29 is 23.6 Å². The number of rotatable bonds is 10. The lowest BCUT2D eigenvalue weighted by atomic mass is 9.83. The highest BCUT2D eigenvalue weighted by atomic mass is 32.1. The van der Waals surface area contributed by atoms with Crippen LogP contribution in [-0.4, -0.2) is 78.7 Å². The summed E-state index contributed by atoms with van der Waals surface area (Å²) in [5, 5.41) is 11.1. The van der Waals surface area contributed by atoms with Crippen LogP contribution in [0.3, 0.4) is 0 Å². The number of nitrogens with zero attached hydrogens (tertiary/aromatic N) is 2. The van der Waals surface area contributed by atoms with E-state index in [1.807, 2.05) is 31.3 Å². The van der Waals surface area contributed by atoms with Gasteiger partial charge in [0.15, 0.2) is 0 Å². The number of fused-ring (bicyclic) bond motifs is 1. The van der Waals surface area contributed by atoms with E-state index in [0.29, 0.717) is 24.2 Å². The third-order valence-electron chi connectivity index (χ3n) is 8.92. The van der Waals surface area contributed by atoms with E-state index in [1.54, 1.807) is 23.3 Å². The highest BCUT2D eigenvalue weighted by Crippen LogP contribution is 2.30. The van der Waals surface area contributed by atoms with Crippen LogP contribution in [0.15, 0.2) is 47.8 Å². The molecule has 1 saturated heterocycles. The molecule has 2 atom stereocenters. The van der Waals surface area contributed by atoms with Crippen molar-refractivity contribution in [2.75, 3.05) is 38.5 Å². The largest absolute Gasteiger partial charge is 0.344 e. The number of likely N-dealkylation sites (N-methyl/N-ethyl adjacent to an activating group) is 1. The minimum atomic E-state index is -0.820. The lowest BCUT2D eigenvalue weighted by molar-refractivity contribution is -0.137. The van der Waals surface area contributed by atoms with Crippen molar-refractivity contribution in [2.45, 2.75) is 64.0 Å². The van der Waals surface area contributed by atoms with E-state index in [0.717, 1.165) is 55.3 Å². The summed E-state index contributed by atoms with van der Waals surface area (Å²) in [5.41, 5.74) is 1.05. The first kappa shape index (κ1) is 32.6. The summed E-state index contributed by atoms with van der Waals surface area (Å²) >= 11 is 1.48. The summed E-state index contributed by atoms with van der Waals surface area (Å²) in [6.45, 7) is 4.34. The zero-order valence-electron chi connectivity index (χ0n) is 25.9. The van der Waals surface area contributed by atoms with Gasteiger partial charge in [-0.05, 0) is 49.6 Å². The fraction of sp³-hybridized carbons (Fsp3) is 0.471. The number of anilines is 1. The van der Waals surface area contributed by atoms with Crippen LogP contribution in [0, 0.1) is 11.7 Å². The molecule has 3 N–H and O–H groups in total. The number of hydrogen-bond acceptors (Lipinski definition) is 6. The third kappa shape index (κ3) is 8.07. The molecule has 1 aromatic heterocycles. The number of hydrogen-bond donors (Lipinski definition) is 3. The molecule has 0 unspecified atom stereocenters. The van der Waals surface area contributed by atoms with Gasteiger partial charge in [0.05, 0.1) is 11.3 Å². The summed E-state index contributed by atoms with van der Waals surface area (Å²) in [6.07, 6.45) is 4.98. The molecule has 0 bridgehead atoms. The molecule has 0 radical (unpaired) electrons. The zero-order valence-corrected chi connectivity index (χ0v) is 26.8. The van der Waals surface area contributed by atoms with Gasteiger partial charge in [-0.2, -0.15) is 0 Å². The Bertz CT molecular complexity index is 1530. The topological polar surface area (TPSA) is 111 Å². The van der Waals surface area contributed by atoms with Crippen LogP contribution in [0.25, 0.3) is 10.1 Å². The smallest absolute Gasteiger partial charge is 0.253 e. The molecule has 0 spiro atoms. The van der Waals surface area contributed by atoms with E-state index in [4.69, 9.17) is 0 Å². The van der Waals surface area contributed by atoms with E-state index in [1.165, 1.54) is 23.5 Å². The van der Waals surface area contributed by atoms with Crippen molar-refractivity contribution in [3.63, 3.8) is 0 Å². The summed E-state index contributed by atoms with van der Waals surface area (Å²) in [5.74, 6) is -1.92. The van der Waals surface area contributed by atoms with Gasteiger partial charge in [0, 0.05) is 54.5 Å². The Morgan fingerprint density at radius 1 is 0.978 bits per heavy atom. The van der Waals surface area contributed by atoms with Gasteiger partial charge in [0.1, 0.15) is 17.9 Å². The molecule has 2 aromatic carbocycles. The van der Waals surface area contributed by atoms with Crippen LogP contribution in [0.1, 0.15) is 61.4 Å². The highest BCUT2D eigenvalue weighted by molar-refractivity contribution is 7.17. The quantitative estimate of drug-likeness (QED) is 0.303. The molecule has 240 valence electrons. The first-order valence-electron chi connectivity index (χ1n) is 15.9. The number of thiophene rings is 1. The fourth-order valence-corrected chi connectivity index (χ4v) is 7.16. The standard InChI is InChI=1S/C34H42FN5O4S/c1-3-30(41)36-28(34(44)40-17-15-39(2)16-18-40)20-22-13-14-27(26(35)19-22)37-33(43)31(23-9-5-4-6-10-23)38-32(42)25-21-45-29-12-8-7-11-24(25)29/h7-8,11-14,19,21,23,28,31H,3-6,9-10,15-18,20H2,1-2H3,(H,36,41)(H,37,43)(H,38,42)/t28-,31+/m1/s1. The average Bonchev–Trinajstić information content (AvgIpc) is 3.49. The number of carbonyl (C=O) groups is 4. The van der Waals surface area contributed by atoms with Gasteiger partial charge in [-0.1, -0.05) is 50.5 Å². The first-order valence-corrected chi connectivity index (χ1v) is 16.7. The Labute approximate surface area is 267 Å². The van der Waals surface area contributed by atoms with Crippen LogP contribution < -0.4 is 16.0 Å². The van der Waals surface area contributed by atoms with Gasteiger partial charge < -0.3 is 25.8 Å². The van der Waals surface area contributed by atoms with Crippen molar-refractivity contribution in [1.29, 1.82) is 0 Å². The number of halogens is 1. The minimum absolute atomic E-state index is 0.000621. The molecule has 5 rings (SSSR count). The van der Waals surface area contributed by atoms with Gasteiger partial charge in [-0.15, -0.1) is 11.3 Å². The van der Waals surface area contributed by atoms with Crippen LogP contribution >= 0.6 is 11.3 Å². The molecule has 2 aliphatic rings. The molecule has 1 aliphatic carbocycles. The molecule has 3 aromatic rings. The van der Waals surface area contributed by atoms with Crippen molar-refractivity contribution >= 4 is 50.7 Å². The van der Waals surface area contributed by atoms with E-state index < -0.39 is 23.8 Å². The SMILES string of the molecule is CCC(=O)N[C@H](Cc1ccc(NC(=O)[C@@H](NC(=O)c2csc3ccccc23)C2CCCCC2)c(F)c1)C(=O)N1CCN(C)CC1. The summed E-state index contributed by atoms with van der Waals surface area (Å²) in [4.78, 5) is 56.5. The van der Waals surface area contributed by atoms with Crippen molar-refractivity contribution in [3.8, 4) is 0 Å². The Balaban J connectivity index is 1.30. The van der Waals surface area contributed by atoms with Gasteiger partial charge in [0.2, 0.25) is 17.7 Å². The third-order valence-corrected chi connectivity index (χ3v) is 9.88. The second-order valence-corrected chi connectivity index (χ2v) is 13.0. The summed E-state index contributed by atoms with van der Waals surface area (Å²) < 4.78 is 16.5. The van der Waals surface area contributed by atoms with Crippen LogP contribution in [0.2, 0.25) is 0 Å². The molecule has 4 amide bonds. The highest BCUT2D eigenvalue weighted by Gasteiger charge is 2.33. The second-order valence-electron chi connectivity index (χ2n) is 12.1. The van der Waals surface area contributed by atoms with Crippen LogP contribution in [-0.2, 0) is 20.8 Å². The average molecular weight is 636 g/mol. The zero-order chi connectivity index (χ0) is 31.9. The second kappa shape index (κ2) is 15.0. The van der Waals surface area contributed by atoms with Gasteiger partial charge in [-0.25, -0.2) is 4.39 Å². The molecule has 1 saturated carbocycles. The summed E-state index contributed by atoms with van der Waals surface area (Å²) in [6, 6.07) is 10.5. The predicted molar refractivity (Wildman–Crippen MR) is 175 cm³/mol. The van der Waals surface area contributed by atoms with Gasteiger partial charge in [0.25, 0.3) is 5.91 Å². The van der Waals surface area contributed by atoms with Crippen LogP contribution in [0.5, 0.6) is 0 Å². The monoisotopic (exact) mass is 635 g/mol. The Kier molecular flexibility index (Phi) is 10.8. The number of amides is 4. The van der Waals surface area contributed by atoms with E-state index in [-0.39, 0.29) is 42.2 Å². The number of carbonyl (C=O) groups excluding carboxylic acids is 4. The Hall–Kier alpha value is -3.83. The molecule has 9 nitrogen and oxygen atoms in total. The molecule has 45 heavy (non-hydrogen) atoms. The first-order chi connectivity index (χ1) is 21.7. The number of piperazine rings is 1. The lowest BCUT2D eigenvalue weighted by Gasteiger charge is -2.34. The van der Waals surface area contributed by atoms with E-state index in [2.05, 4.69) is 20.9 Å². The molecule has 2 heterocycles. The predicted octanol–water partition coefficient (Wildman–Crippen LogP) is 4.57. The minimum Gasteiger partial charge on any atom is -0.344 e. The summed E-state index contributed by atoms with van der Waals surface area (Å²) in [7, 11) is 2.00. The normalized spacial score (nSPS) is 17.4. The molecule has 11 heteroatoms. The van der Waals surface area contributed by atoms with E-state index in [9.17, 15) is 19.2 Å². The number of benzene rings is 2. The van der Waals surface area contributed by atoms with Crippen molar-refractivity contribution in [2.24, 2.45) is 5.92 Å². The molecule has 2 fully saturated rings. The maximum atomic E-state index is 15.5. The Morgan fingerprint density at radius 3 is 2.42 bits per heavy atom. The maximum Gasteiger partial charge on any atom is 0.253 e. The number of nitrogens with one attached hydrogen (secondary N) is 3. The van der Waals surface area contributed by atoms with Gasteiger partial charge in [-0.3, -0.25) is 19.2 Å².